The van der Waals surface area contributed by atoms with Crippen molar-refractivity contribution < 1.29 is 9.47 Å². The number of likely N-dealkylation sites (tertiary alicyclic amines) is 1. The minimum absolute atomic E-state index is 0.492. The van der Waals surface area contributed by atoms with E-state index in [1.807, 2.05) is 43.6 Å². The lowest BCUT2D eigenvalue weighted by Gasteiger charge is -2.35. The number of nitrogens with zero attached hydrogens (tertiary/aromatic N) is 6. The first kappa shape index (κ1) is 19.3. The topological polar surface area (TPSA) is 90.2 Å². The number of benzene rings is 1. The fraction of sp³-hybridized carbons (Fsp3) is 0.273. The minimum Gasteiger partial charge on any atom is -0.492 e. The summed E-state index contributed by atoms with van der Waals surface area (Å²) in [6, 6.07) is 11.2. The van der Waals surface area contributed by atoms with Crippen LogP contribution in [-0.2, 0) is 7.05 Å². The van der Waals surface area contributed by atoms with Gasteiger partial charge in [-0.2, -0.15) is 5.10 Å². The number of aryl methyl sites for hydroxylation is 1. The van der Waals surface area contributed by atoms with Gasteiger partial charge in [0.1, 0.15) is 23.6 Å². The van der Waals surface area contributed by atoms with Gasteiger partial charge in [-0.1, -0.05) is 0 Å². The van der Waals surface area contributed by atoms with E-state index < -0.39 is 0 Å². The first-order chi connectivity index (χ1) is 15.1. The number of aromatic nitrogens is 5. The smallest absolute Gasteiger partial charge is 0.219 e. The molecule has 4 heterocycles. The third kappa shape index (κ3) is 4.41. The average molecular weight is 417 g/mol. The van der Waals surface area contributed by atoms with Crippen molar-refractivity contribution in [3.8, 4) is 17.4 Å². The summed E-state index contributed by atoms with van der Waals surface area (Å²) in [5.41, 5.74) is 0.805. The SMILES string of the molecule is CN1CC(COc2ccc(Oc3ccc4ncnc(Nc5ccn(C)n5)c4c3)nc2)C1. The number of hydrogen-bond acceptors (Lipinski definition) is 8. The Morgan fingerprint density at radius 1 is 1.03 bits per heavy atom. The molecule has 0 amide bonds. The Bertz CT molecular complexity index is 1190. The van der Waals surface area contributed by atoms with Gasteiger partial charge in [-0.25, -0.2) is 15.0 Å². The highest BCUT2D eigenvalue weighted by Crippen LogP contribution is 2.29. The van der Waals surface area contributed by atoms with Gasteiger partial charge in [0, 0.05) is 49.8 Å². The molecule has 0 aliphatic carbocycles. The Balaban J connectivity index is 1.29. The maximum atomic E-state index is 5.95. The lowest BCUT2D eigenvalue weighted by molar-refractivity contribution is 0.0856. The van der Waals surface area contributed by atoms with Crippen LogP contribution in [0.1, 0.15) is 0 Å². The van der Waals surface area contributed by atoms with Gasteiger partial charge >= 0.3 is 0 Å². The molecular formula is C22H23N7O2. The zero-order chi connectivity index (χ0) is 21.2. The van der Waals surface area contributed by atoms with E-state index in [2.05, 4.69) is 37.3 Å². The van der Waals surface area contributed by atoms with Crippen LogP contribution in [0, 0.1) is 5.92 Å². The van der Waals surface area contributed by atoms with Crippen LogP contribution in [0.15, 0.2) is 55.1 Å². The Labute approximate surface area is 179 Å². The number of ether oxygens (including phenoxy) is 2. The summed E-state index contributed by atoms with van der Waals surface area (Å²) in [4.78, 5) is 15.3. The number of fused-ring (bicyclic) bond motifs is 1. The van der Waals surface area contributed by atoms with Gasteiger partial charge in [0.2, 0.25) is 5.88 Å². The fourth-order valence-electron chi connectivity index (χ4n) is 3.58. The van der Waals surface area contributed by atoms with Crippen LogP contribution < -0.4 is 14.8 Å². The first-order valence-corrected chi connectivity index (χ1v) is 10.1. The normalized spacial score (nSPS) is 14.4. The highest BCUT2D eigenvalue weighted by atomic mass is 16.5. The van der Waals surface area contributed by atoms with Crippen molar-refractivity contribution in [1.82, 2.24) is 29.6 Å². The van der Waals surface area contributed by atoms with E-state index >= 15 is 0 Å². The molecule has 1 aliphatic heterocycles. The zero-order valence-electron chi connectivity index (χ0n) is 17.4. The predicted octanol–water partition coefficient (Wildman–Crippen LogP) is 3.23. The lowest BCUT2D eigenvalue weighted by atomic mass is 10.0. The van der Waals surface area contributed by atoms with Gasteiger partial charge in [-0.3, -0.25) is 4.68 Å². The van der Waals surface area contributed by atoms with Crippen molar-refractivity contribution in [1.29, 1.82) is 0 Å². The highest BCUT2D eigenvalue weighted by molar-refractivity contribution is 5.91. The van der Waals surface area contributed by atoms with Crippen LogP contribution in [0.3, 0.4) is 0 Å². The number of rotatable bonds is 7. The van der Waals surface area contributed by atoms with Crippen molar-refractivity contribution in [2.45, 2.75) is 0 Å². The molecule has 0 atom stereocenters. The predicted molar refractivity (Wildman–Crippen MR) is 117 cm³/mol. The number of pyridine rings is 1. The summed E-state index contributed by atoms with van der Waals surface area (Å²) in [7, 11) is 3.98. The third-order valence-electron chi connectivity index (χ3n) is 5.12. The summed E-state index contributed by atoms with van der Waals surface area (Å²) < 4.78 is 13.5. The van der Waals surface area contributed by atoms with Crippen LogP contribution in [0.25, 0.3) is 10.9 Å². The second kappa shape index (κ2) is 8.19. The molecule has 1 aromatic carbocycles. The molecule has 1 saturated heterocycles. The molecule has 158 valence electrons. The number of nitrogens with one attached hydrogen (secondary N) is 1. The maximum Gasteiger partial charge on any atom is 0.219 e. The standard InChI is InChI=1S/C22H23N7O2/c1-28-11-15(12-28)13-30-17-4-6-21(23-10-17)31-16-3-5-19-18(9-16)22(25-14-24-19)26-20-7-8-29(2)27-20/h3-10,14-15H,11-13H2,1-2H3,(H,24,25,26,27). The van der Waals surface area contributed by atoms with Crippen LogP contribution in [-0.4, -0.2) is 56.4 Å². The van der Waals surface area contributed by atoms with E-state index in [1.165, 1.54) is 6.33 Å². The lowest BCUT2D eigenvalue weighted by Crippen LogP contribution is -2.46. The molecule has 0 spiro atoms. The summed E-state index contributed by atoms with van der Waals surface area (Å²) >= 11 is 0. The van der Waals surface area contributed by atoms with E-state index in [9.17, 15) is 0 Å². The third-order valence-corrected chi connectivity index (χ3v) is 5.12. The Kier molecular flexibility index (Phi) is 5.09. The molecular weight excluding hydrogens is 394 g/mol. The molecule has 0 unspecified atom stereocenters. The van der Waals surface area contributed by atoms with Crippen molar-refractivity contribution >= 4 is 22.5 Å². The largest absolute Gasteiger partial charge is 0.492 e. The van der Waals surface area contributed by atoms with E-state index in [-0.39, 0.29) is 0 Å². The van der Waals surface area contributed by atoms with Gasteiger partial charge in [-0.05, 0) is 31.3 Å². The monoisotopic (exact) mass is 417 g/mol. The number of anilines is 2. The minimum atomic E-state index is 0.492. The van der Waals surface area contributed by atoms with E-state index in [0.29, 0.717) is 35.8 Å². The average Bonchev–Trinajstić information content (AvgIpc) is 3.16. The molecule has 31 heavy (non-hydrogen) atoms. The Hall–Kier alpha value is -3.72. The molecule has 1 fully saturated rings. The molecule has 1 aliphatic rings. The number of hydrogen-bond donors (Lipinski definition) is 1. The van der Waals surface area contributed by atoms with Gasteiger partial charge < -0.3 is 19.7 Å². The molecule has 0 saturated carbocycles. The van der Waals surface area contributed by atoms with Gasteiger partial charge in [0.05, 0.1) is 18.3 Å². The molecule has 9 nitrogen and oxygen atoms in total. The Morgan fingerprint density at radius 3 is 2.65 bits per heavy atom. The van der Waals surface area contributed by atoms with Crippen molar-refractivity contribution in [2.75, 3.05) is 32.1 Å². The van der Waals surface area contributed by atoms with E-state index in [1.54, 1.807) is 16.9 Å². The van der Waals surface area contributed by atoms with Crippen LogP contribution in [0.2, 0.25) is 0 Å². The van der Waals surface area contributed by atoms with Crippen LogP contribution in [0.4, 0.5) is 11.6 Å². The molecule has 9 heteroatoms. The molecule has 5 rings (SSSR count). The van der Waals surface area contributed by atoms with Gasteiger partial charge in [-0.15, -0.1) is 0 Å². The van der Waals surface area contributed by atoms with Gasteiger partial charge in [0.25, 0.3) is 0 Å². The van der Waals surface area contributed by atoms with Crippen molar-refractivity contribution in [2.24, 2.45) is 13.0 Å². The molecule has 0 bridgehead atoms. The summed E-state index contributed by atoms with van der Waals surface area (Å²) in [5.74, 6) is 3.84. The summed E-state index contributed by atoms with van der Waals surface area (Å²) in [6.45, 7) is 2.87. The molecule has 1 N–H and O–H groups in total. The van der Waals surface area contributed by atoms with Crippen LogP contribution in [0.5, 0.6) is 17.4 Å². The second-order valence-corrected chi connectivity index (χ2v) is 7.73. The fourth-order valence-corrected chi connectivity index (χ4v) is 3.58. The first-order valence-electron chi connectivity index (χ1n) is 10.1. The molecule has 4 aromatic rings. The van der Waals surface area contributed by atoms with E-state index in [4.69, 9.17) is 9.47 Å². The van der Waals surface area contributed by atoms with E-state index in [0.717, 1.165) is 29.7 Å². The van der Waals surface area contributed by atoms with Gasteiger partial charge in [0.15, 0.2) is 5.82 Å². The molecule has 3 aromatic heterocycles. The van der Waals surface area contributed by atoms with Crippen molar-refractivity contribution in [3.05, 3.63) is 55.1 Å². The highest BCUT2D eigenvalue weighted by Gasteiger charge is 2.23. The molecule has 0 radical (unpaired) electrons. The summed E-state index contributed by atoms with van der Waals surface area (Å²) in [6.07, 6.45) is 5.08. The zero-order valence-corrected chi connectivity index (χ0v) is 17.4. The Morgan fingerprint density at radius 2 is 1.90 bits per heavy atom. The quantitative estimate of drug-likeness (QED) is 0.490. The van der Waals surface area contributed by atoms with Crippen molar-refractivity contribution in [3.63, 3.8) is 0 Å². The second-order valence-electron chi connectivity index (χ2n) is 7.73. The van der Waals surface area contributed by atoms with Crippen LogP contribution >= 0.6 is 0 Å². The summed E-state index contributed by atoms with van der Waals surface area (Å²) in [5, 5.41) is 8.40. The maximum absolute atomic E-state index is 5.95.